The molecule has 2 atom stereocenters. The standard InChI is InChI=1S/C13H20O5/c1-2-10(14)6-4-8-3-5-9(7-8)11(12(15)16)13(17)18/h8-9,11H,2-7H2,1H3,(H,15,16)(H,17,18). The highest BCUT2D eigenvalue weighted by Crippen LogP contribution is 2.38. The molecule has 0 amide bonds. The molecule has 1 aliphatic rings. The topological polar surface area (TPSA) is 91.7 Å². The molecule has 0 heterocycles. The van der Waals surface area contributed by atoms with Crippen LogP contribution in [0.4, 0.5) is 0 Å². The van der Waals surface area contributed by atoms with Crippen molar-refractivity contribution >= 4 is 17.7 Å². The molecule has 2 unspecified atom stereocenters. The third kappa shape index (κ3) is 3.82. The predicted molar refractivity (Wildman–Crippen MR) is 64.1 cm³/mol. The van der Waals surface area contributed by atoms with Crippen LogP contribution in [-0.2, 0) is 14.4 Å². The molecular weight excluding hydrogens is 236 g/mol. The Kier molecular flexibility index (Phi) is 5.31. The summed E-state index contributed by atoms with van der Waals surface area (Å²) in [4.78, 5) is 33.0. The SMILES string of the molecule is CCC(=O)CCC1CCC(C(C(=O)O)C(=O)O)C1. The van der Waals surface area contributed by atoms with Crippen molar-refractivity contribution in [3.63, 3.8) is 0 Å². The molecule has 0 saturated heterocycles. The lowest BCUT2D eigenvalue weighted by Crippen LogP contribution is -2.30. The maximum absolute atomic E-state index is 11.2. The lowest BCUT2D eigenvalue weighted by atomic mass is 9.89. The molecule has 1 rings (SSSR count). The molecule has 18 heavy (non-hydrogen) atoms. The highest BCUT2D eigenvalue weighted by atomic mass is 16.4. The van der Waals surface area contributed by atoms with E-state index in [4.69, 9.17) is 10.2 Å². The minimum atomic E-state index is -1.29. The Bertz CT molecular complexity index is 322. The Morgan fingerprint density at radius 3 is 2.28 bits per heavy atom. The smallest absolute Gasteiger partial charge is 0.318 e. The molecule has 5 heteroatoms. The van der Waals surface area contributed by atoms with Gasteiger partial charge in [-0.1, -0.05) is 13.3 Å². The van der Waals surface area contributed by atoms with Gasteiger partial charge in [0.05, 0.1) is 0 Å². The van der Waals surface area contributed by atoms with E-state index in [1.54, 1.807) is 0 Å². The van der Waals surface area contributed by atoms with Crippen molar-refractivity contribution < 1.29 is 24.6 Å². The molecule has 0 aromatic rings. The molecule has 102 valence electrons. The second-order valence-corrected chi connectivity index (χ2v) is 5.02. The molecule has 2 N–H and O–H groups in total. The second kappa shape index (κ2) is 6.52. The molecule has 0 radical (unpaired) electrons. The van der Waals surface area contributed by atoms with Crippen LogP contribution in [0.5, 0.6) is 0 Å². The lowest BCUT2D eigenvalue weighted by Gasteiger charge is -2.15. The number of ketones is 1. The Labute approximate surface area is 106 Å². The maximum Gasteiger partial charge on any atom is 0.318 e. The zero-order valence-electron chi connectivity index (χ0n) is 10.6. The van der Waals surface area contributed by atoms with Gasteiger partial charge in [0.2, 0.25) is 0 Å². The molecule has 5 nitrogen and oxygen atoms in total. The molecule has 0 bridgehead atoms. The summed E-state index contributed by atoms with van der Waals surface area (Å²) >= 11 is 0. The number of Topliss-reactive ketones (excluding diaryl/α,β-unsaturated/α-hetero) is 1. The normalized spacial score (nSPS) is 23.2. The number of rotatable bonds is 7. The van der Waals surface area contributed by atoms with Crippen LogP contribution in [0.1, 0.15) is 45.4 Å². The number of carbonyl (C=O) groups is 3. The molecule has 1 saturated carbocycles. The van der Waals surface area contributed by atoms with Gasteiger partial charge < -0.3 is 10.2 Å². The van der Waals surface area contributed by atoms with Crippen LogP contribution < -0.4 is 0 Å². The van der Waals surface area contributed by atoms with E-state index in [0.717, 1.165) is 12.8 Å². The second-order valence-electron chi connectivity index (χ2n) is 5.02. The molecule has 0 aromatic carbocycles. The summed E-state index contributed by atoms with van der Waals surface area (Å²) < 4.78 is 0. The van der Waals surface area contributed by atoms with E-state index in [9.17, 15) is 14.4 Å². The van der Waals surface area contributed by atoms with Crippen molar-refractivity contribution in [2.24, 2.45) is 17.8 Å². The Hall–Kier alpha value is -1.39. The Morgan fingerprint density at radius 1 is 1.17 bits per heavy atom. The van der Waals surface area contributed by atoms with Crippen LogP contribution >= 0.6 is 0 Å². The van der Waals surface area contributed by atoms with Gasteiger partial charge in [-0.25, -0.2) is 0 Å². The van der Waals surface area contributed by atoms with Crippen LogP contribution in [0.3, 0.4) is 0 Å². The first-order chi connectivity index (χ1) is 8.45. The quantitative estimate of drug-likeness (QED) is 0.679. The molecule has 1 aliphatic carbocycles. The third-order valence-corrected chi connectivity index (χ3v) is 3.81. The first-order valence-corrected chi connectivity index (χ1v) is 6.43. The lowest BCUT2D eigenvalue weighted by molar-refractivity contribution is -0.157. The minimum absolute atomic E-state index is 0.214. The van der Waals surface area contributed by atoms with Gasteiger partial charge >= 0.3 is 11.9 Å². The van der Waals surface area contributed by atoms with Gasteiger partial charge in [0.25, 0.3) is 0 Å². The van der Waals surface area contributed by atoms with E-state index < -0.39 is 17.9 Å². The van der Waals surface area contributed by atoms with Crippen LogP contribution in [0.25, 0.3) is 0 Å². The molecule has 0 aliphatic heterocycles. The number of carboxylic acid groups (broad SMARTS) is 2. The average Bonchev–Trinajstić information content (AvgIpc) is 2.73. The zero-order chi connectivity index (χ0) is 13.7. The van der Waals surface area contributed by atoms with E-state index in [-0.39, 0.29) is 11.7 Å². The summed E-state index contributed by atoms with van der Waals surface area (Å²) in [5, 5.41) is 17.8. The highest BCUT2D eigenvalue weighted by molar-refractivity contribution is 5.93. The summed E-state index contributed by atoms with van der Waals surface area (Å²) in [6.45, 7) is 1.82. The predicted octanol–water partition coefficient (Wildman–Crippen LogP) is 1.95. The summed E-state index contributed by atoms with van der Waals surface area (Å²) in [5.74, 6) is -3.58. The van der Waals surface area contributed by atoms with Gasteiger partial charge in [0.15, 0.2) is 5.92 Å². The Balaban J connectivity index is 2.47. The van der Waals surface area contributed by atoms with Crippen molar-refractivity contribution in [2.45, 2.75) is 45.4 Å². The van der Waals surface area contributed by atoms with Crippen molar-refractivity contribution in [2.75, 3.05) is 0 Å². The molecule has 0 aromatic heterocycles. The van der Waals surface area contributed by atoms with Crippen molar-refractivity contribution in [3.05, 3.63) is 0 Å². The Morgan fingerprint density at radius 2 is 1.78 bits per heavy atom. The largest absolute Gasteiger partial charge is 0.481 e. The number of carbonyl (C=O) groups excluding carboxylic acids is 1. The fourth-order valence-corrected chi connectivity index (χ4v) is 2.73. The van der Waals surface area contributed by atoms with E-state index in [1.807, 2.05) is 6.92 Å². The monoisotopic (exact) mass is 256 g/mol. The van der Waals surface area contributed by atoms with Gasteiger partial charge in [0, 0.05) is 12.8 Å². The number of aliphatic carboxylic acids is 2. The van der Waals surface area contributed by atoms with Gasteiger partial charge in [-0.15, -0.1) is 0 Å². The summed E-state index contributed by atoms with van der Waals surface area (Å²) in [7, 11) is 0. The van der Waals surface area contributed by atoms with Crippen molar-refractivity contribution in [1.82, 2.24) is 0 Å². The van der Waals surface area contributed by atoms with Crippen LogP contribution in [-0.4, -0.2) is 27.9 Å². The first-order valence-electron chi connectivity index (χ1n) is 6.43. The highest BCUT2D eigenvalue weighted by Gasteiger charge is 2.39. The van der Waals surface area contributed by atoms with Crippen LogP contribution in [0.15, 0.2) is 0 Å². The van der Waals surface area contributed by atoms with Gasteiger partial charge in [0.1, 0.15) is 5.78 Å². The molecule has 1 fully saturated rings. The number of hydrogen-bond donors (Lipinski definition) is 2. The molecule has 0 spiro atoms. The van der Waals surface area contributed by atoms with E-state index in [0.29, 0.717) is 31.6 Å². The van der Waals surface area contributed by atoms with E-state index in [1.165, 1.54) is 0 Å². The number of carboxylic acids is 2. The van der Waals surface area contributed by atoms with Crippen LogP contribution in [0.2, 0.25) is 0 Å². The fraction of sp³-hybridized carbons (Fsp3) is 0.769. The van der Waals surface area contributed by atoms with Crippen molar-refractivity contribution in [3.8, 4) is 0 Å². The summed E-state index contributed by atoms with van der Waals surface area (Å²) in [6, 6.07) is 0. The van der Waals surface area contributed by atoms with Gasteiger partial charge in [-0.05, 0) is 31.1 Å². The van der Waals surface area contributed by atoms with E-state index in [2.05, 4.69) is 0 Å². The van der Waals surface area contributed by atoms with Gasteiger partial charge in [-0.2, -0.15) is 0 Å². The first kappa shape index (κ1) is 14.7. The number of hydrogen-bond acceptors (Lipinski definition) is 3. The maximum atomic E-state index is 11.2. The van der Waals surface area contributed by atoms with E-state index >= 15 is 0 Å². The average molecular weight is 256 g/mol. The summed E-state index contributed by atoms with van der Waals surface area (Å²) in [5.41, 5.74) is 0. The zero-order valence-corrected chi connectivity index (χ0v) is 10.6. The molecular formula is C13H20O5. The third-order valence-electron chi connectivity index (χ3n) is 3.81. The van der Waals surface area contributed by atoms with Crippen LogP contribution in [0, 0.1) is 17.8 Å². The van der Waals surface area contributed by atoms with Crippen molar-refractivity contribution in [1.29, 1.82) is 0 Å². The fourth-order valence-electron chi connectivity index (χ4n) is 2.73. The van der Waals surface area contributed by atoms with Gasteiger partial charge in [-0.3, -0.25) is 14.4 Å². The summed E-state index contributed by atoms with van der Waals surface area (Å²) in [6.07, 6.45) is 3.89. The minimum Gasteiger partial charge on any atom is -0.481 e.